The minimum absolute atomic E-state index is 0.172. The summed E-state index contributed by atoms with van der Waals surface area (Å²) in [7, 11) is 0. The molecular weight excluding hydrogens is 210 g/mol. The molecule has 0 spiro atoms. The first-order valence-electron chi connectivity index (χ1n) is 5.39. The molecule has 6 nitrogen and oxygen atoms in total. The lowest BCUT2D eigenvalue weighted by atomic mass is 9.75. The molecule has 3 N–H and O–H groups in total. The highest BCUT2D eigenvalue weighted by Crippen LogP contribution is 2.32. The first kappa shape index (κ1) is 11.1. The lowest BCUT2D eigenvalue weighted by Crippen LogP contribution is -2.54. The van der Waals surface area contributed by atoms with Gasteiger partial charge in [-0.2, -0.15) is 5.10 Å². The van der Waals surface area contributed by atoms with Crippen molar-refractivity contribution in [1.29, 1.82) is 0 Å². The molecule has 0 radical (unpaired) electrons. The van der Waals surface area contributed by atoms with Crippen molar-refractivity contribution < 1.29 is 14.3 Å². The quantitative estimate of drug-likeness (QED) is 0.621. The molecule has 16 heavy (non-hydrogen) atoms. The van der Waals surface area contributed by atoms with Gasteiger partial charge in [0.05, 0.1) is 18.2 Å². The molecule has 0 aromatic heterocycles. The summed E-state index contributed by atoms with van der Waals surface area (Å²) in [5, 5.41) is 3.92. The van der Waals surface area contributed by atoms with Crippen LogP contribution in [0.4, 0.5) is 0 Å². The maximum atomic E-state index is 11.7. The summed E-state index contributed by atoms with van der Waals surface area (Å²) in [4.78, 5) is 23.1. The Kier molecular flexibility index (Phi) is 2.67. The maximum absolute atomic E-state index is 11.7. The van der Waals surface area contributed by atoms with E-state index in [1.54, 1.807) is 6.92 Å². The van der Waals surface area contributed by atoms with Crippen LogP contribution in [0.1, 0.15) is 26.2 Å². The molecule has 2 atom stereocenters. The average Bonchev–Trinajstić information content (AvgIpc) is 2.61. The lowest BCUT2D eigenvalue weighted by Gasteiger charge is -2.33. The lowest BCUT2D eigenvalue weighted by molar-refractivity contribution is -0.150. The highest BCUT2D eigenvalue weighted by atomic mass is 16.5. The van der Waals surface area contributed by atoms with Crippen LogP contribution < -0.4 is 11.2 Å². The third-order valence-electron chi connectivity index (χ3n) is 3.11. The summed E-state index contributed by atoms with van der Waals surface area (Å²) in [6, 6.07) is 0. The Labute approximate surface area is 93.2 Å². The number of carbonyl (C=O) groups is 2. The first-order chi connectivity index (χ1) is 7.57. The summed E-state index contributed by atoms with van der Waals surface area (Å²) in [6.07, 6.45) is 1.34. The Bertz CT molecular complexity index is 366. The second-order valence-corrected chi connectivity index (χ2v) is 4.21. The van der Waals surface area contributed by atoms with E-state index in [-0.39, 0.29) is 18.2 Å². The van der Waals surface area contributed by atoms with Crippen molar-refractivity contribution in [2.24, 2.45) is 16.8 Å². The van der Waals surface area contributed by atoms with Gasteiger partial charge >= 0.3 is 5.97 Å². The van der Waals surface area contributed by atoms with E-state index in [0.717, 1.165) is 5.71 Å². The fourth-order valence-corrected chi connectivity index (χ4v) is 2.15. The van der Waals surface area contributed by atoms with Crippen molar-refractivity contribution in [3.8, 4) is 0 Å². The van der Waals surface area contributed by atoms with Gasteiger partial charge in [0, 0.05) is 0 Å². The van der Waals surface area contributed by atoms with Crippen molar-refractivity contribution >= 4 is 17.6 Å². The van der Waals surface area contributed by atoms with Gasteiger partial charge < -0.3 is 10.5 Å². The van der Waals surface area contributed by atoms with E-state index < -0.39 is 11.5 Å². The van der Waals surface area contributed by atoms with Crippen LogP contribution in [0.25, 0.3) is 0 Å². The van der Waals surface area contributed by atoms with Crippen LogP contribution in [0.5, 0.6) is 0 Å². The zero-order valence-electron chi connectivity index (χ0n) is 9.16. The van der Waals surface area contributed by atoms with Gasteiger partial charge in [-0.05, 0) is 26.2 Å². The van der Waals surface area contributed by atoms with Gasteiger partial charge in [-0.1, -0.05) is 0 Å². The molecule has 1 amide bonds. The van der Waals surface area contributed by atoms with Crippen LogP contribution in [0.15, 0.2) is 5.10 Å². The monoisotopic (exact) mass is 225 g/mol. The van der Waals surface area contributed by atoms with Crippen LogP contribution in [-0.4, -0.2) is 29.7 Å². The SMILES string of the molecule is CCOC(=O)C1(N)CCC2=NNC(=O)C2C1. The molecule has 0 saturated heterocycles. The molecule has 6 heteroatoms. The molecule has 1 aliphatic heterocycles. The van der Waals surface area contributed by atoms with Crippen LogP contribution >= 0.6 is 0 Å². The predicted octanol–water partition coefficient (Wildman–Crippen LogP) is -0.467. The topological polar surface area (TPSA) is 93.8 Å². The Morgan fingerprint density at radius 1 is 1.75 bits per heavy atom. The third-order valence-corrected chi connectivity index (χ3v) is 3.11. The molecule has 0 bridgehead atoms. The minimum atomic E-state index is -1.04. The van der Waals surface area contributed by atoms with Gasteiger partial charge in [0.25, 0.3) is 0 Å². The Morgan fingerprint density at radius 3 is 3.19 bits per heavy atom. The number of carbonyl (C=O) groups excluding carboxylic acids is 2. The second-order valence-electron chi connectivity index (χ2n) is 4.21. The molecule has 1 heterocycles. The van der Waals surface area contributed by atoms with Crippen molar-refractivity contribution in [3.05, 3.63) is 0 Å². The van der Waals surface area contributed by atoms with Crippen LogP contribution in [0, 0.1) is 5.92 Å². The number of ether oxygens (including phenoxy) is 1. The highest BCUT2D eigenvalue weighted by Gasteiger charge is 2.47. The van der Waals surface area contributed by atoms with Crippen LogP contribution in [-0.2, 0) is 14.3 Å². The van der Waals surface area contributed by atoms with E-state index in [0.29, 0.717) is 19.4 Å². The third kappa shape index (κ3) is 1.69. The highest BCUT2D eigenvalue weighted by molar-refractivity contribution is 6.09. The van der Waals surface area contributed by atoms with E-state index in [4.69, 9.17) is 10.5 Å². The number of hydrogen-bond acceptors (Lipinski definition) is 5. The Morgan fingerprint density at radius 2 is 2.50 bits per heavy atom. The van der Waals surface area contributed by atoms with Crippen molar-refractivity contribution in [2.45, 2.75) is 31.7 Å². The standard InChI is InChI=1S/C10H15N3O3/c1-2-16-9(15)10(11)4-3-7-6(5-10)8(14)13-12-7/h6H,2-5,11H2,1H3,(H,13,14). The van der Waals surface area contributed by atoms with Crippen LogP contribution in [0.3, 0.4) is 0 Å². The largest absolute Gasteiger partial charge is 0.465 e. The van der Waals surface area contributed by atoms with E-state index >= 15 is 0 Å². The minimum Gasteiger partial charge on any atom is -0.465 e. The fourth-order valence-electron chi connectivity index (χ4n) is 2.15. The average molecular weight is 225 g/mol. The summed E-state index contributed by atoms with van der Waals surface area (Å²) in [5.41, 5.74) is 8.17. The molecule has 2 aliphatic rings. The fraction of sp³-hybridized carbons (Fsp3) is 0.700. The van der Waals surface area contributed by atoms with Crippen LogP contribution in [0.2, 0.25) is 0 Å². The molecule has 1 aliphatic carbocycles. The summed E-state index contributed by atoms with van der Waals surface area (Å²) in [5.74, 6) is -0.953. The number of nitrogens with zero attached hydrogens (tertiary/aromatic N) is 1. The van der Waals surface area contributed by atoms with Gasteiger partial charge in [-0.15, -0.1) is 0 Å². The summed E-state index contributed by atoms with van der Waals surface area (Å²) < 4.78 is 4.93. The Balaban J connectivity index is 2.12. The van der Waals surface area contributed by atoms with E-state index in [1.165, 1.54) is 0 Å². The molecule has 0 aromatic rings. The number of hydrazone groups is 1. The van der Waals surface area contributed by atoms with E-state index in [2.05, 4.69) is 10.5 Å². The second kappa shape index (κ2) is 3.86. The van der Waals surface area contributed by atoms with Gasteiger partial charge in [0.1, 0.15) is 5.54 Å². The number of nitrogens with one attached hydrogen (secondary N) is 1. The first-order valence-corrected chi connectivity index (χ1v) is 5.39. The molecule has 88 valence electrons. The normalized spacial score (nSPS) is 32.8. The van der Waals surface area contributed by atoms with E-state index in [9.17, 15) is 9.59 Å². The summed E-state index contributed by atoms with van der Waals surface area (Å²) in [6.45, 7) is 2.04. The number of fused-ring (bicyclic) bond motifs is 1. The van der Waals surface area contributed by atoms with Crippen molar-refractivity contribution in [2.75, 3.05) is 6.61 Å². The van der Waals surface area contributed by atoms with Crippen molar-refractivity contribution in [1.82, 2.24) is 5.43 Å². The van der Waals surface area contributed by atoms with Gasteiger partial charge in [0.2, 0.25) is 5.91 Å². The zero-order chi connectivity index (χ0) is 11.8. The predicted molar refractivity (Wildman–Crippen MR) is 56.5 cm³/mol. The number of nitrogens with two attached hydrogens (primary N) is 1. The molecule has 2 unspecified atom stereocenters. The molecule has 2 rings (SSSR count). The molecule has 0 aromatic carbocycles. The number of hydrogen-bond donors (Lipinski definition) is 2. The number of rotatable bonds is 2. The zero-order valence-corrected chi connectivity index (χ0v) is 9.16. The summed E-state index contributed by atoms with van der Waals surface area (Å²) >= 11 is 0. The number of esters is 1. The number of amides is 1. The van der Waals surface area contributed by atoms with E-state index in [1.807, 2.05) is 0 Å². The van der Waals surface area contributed by atoms with Gasteiger partial charge in [-0.25, -0.2) is 5.43 Å². The van der Waals surface area contributed by atoms with Crippen molar-refractivity contribution in [3.63, 3.8) is 0 Å². The van der Waals surface area contributed by atoms with Gasteiger partial charge in [-0.3, -0.25) is 9.59 Å². The molecular formula is C10H15N3O3. The Hall–Kier alpha value is -1.43. The molecule has 1 saturated carbocycles. The maximum Gasteiger partial charge on any atom is 0.326 e. The molecule has 1 fully saturated rings. The van der Waals surface area contributed by atoms with Gasteiger partial charge in [0.15, 0.2) is 0 Å². The smallest absolute Gasteiger partial charge is 0.326 e.